The largest absolute Gasteiger partial charge is 0.550 e. The van der Waals surface area contributed by atoms with E-state index in [4.69, 9.17) is 0 Å². The Labute approximate surface area is 161 Å². The minimum Gasteiger partial charge on any atom is -0.550 e. The molecule has 0 aliphatic heterocycles. The Morgan fingerprint density at radius 1 is 1.07 bits per heavy atom. The summed E-state index contributed by atoms with van der Waals surface area (Å²) in [5.41, 5.74) is 1.76. The van der Waals surface area contributed by atoms with E-state index in [2.05, 4.69) is 5.32 Å². The number of aliphatic carboxylic acids is 1. The second-order valence-electron chi connectivity index (χ2n) is 6.98. The zero-order valence-electron chi connectivity index (χ0n) is 15.8. The number of carbonyl (C=O) groups excluding carboxylic acids is 2. The molecule has 0 bridgehead atoms. The Morgan fingerprint density at radius 3 is 2.21 bits per heavy atom. The van der Waals surface area contributed by atoms with Crippen molar-refractivity contribution in [1.82, 2.24) is 0 Å². The van der Waals surface area contributed by atoms with Crippen LogP contribution in [0.5, 0.6) is 0 Å². The maximum atomic E-state index is 12.9. The molecule has 2 aromatic carbocycles. The highest BCUT2D eigenvalue weighted by molar-refractivity contribution is 5.95. The summed E-state index contributed by atoms with van der Waals surface area (Å²) in [6.07, 6.45) is -4.42. The fraction of sp³-hybridized carbons (Fsp3) is 0.333. The molecule has 0 spiro atoms. The van der Waals surface area contributed by atoms with E-state index in [0.717, 1.165) is 28.8 Å². The Kier molecular flexibility index (Phi) is 6.48. The third-order valence-corrected chi connectivity index (χ3v) is 4.51. The molecule has 1 amide bonds. The van der Waals surface area contributed by atoms with Gasteiger partial charge >= 0.3 is 6.18 Å². The highest BCUT2D eigenvalue weighted by Gasteiger charge is 2.31. The second-order valence-corrected chi connectivity index (χ2v) is 6.98. The monoisotopic (exact) mass is 392 g/mol. The summed E-state index contributed by atoms with van der Waals surface area (Å²) in [5, 5.41) is 13.8. The smallest absolute Gasteiger partial charge is 0.416 e. The summed E-state index contributed by atoms with van der Waals surface area (Å²) in [6.45, 7) is 5.13. The van der Waals surface area contributed by atoms with Gasteiger partial charge in [0.05, 0.1) is 11.5 Å². The fourth-order valence-electron chi connectivity index (χ4n) is 3.11. The minimum atomic E-state index is -4.54. The maximum absolute atomic E-state index is 12.9. The molecule has 0 radical (unpaired) electrons. The molecule has 2 rings (SSSR count). The van der Waals surface area contributed by atoms with E-state index >= 15 is 0 Å². The summed E-state index contributed by atoms with van der Waals surface area (Å²) < 4.78 is 38.6. The molecule has 2 aromatic rings. The summed E-state index contributed by atoms with van der Waals surface area (Å²) in [6, 6.07) is 9.86. The normalized spacial score (nSPS) is 13.6. The number of carbonyl (C=O) groups is 2. The van der Waals surface area contributed by atoms with Gasteiger partial charge in [0, 0.05) is 17.6 Å². The fourth-order valence-corrected chi connectivity index (χ4v) is 3.11. The van der Waals surface area contributed by atoms with Gasteiger partial charge in [-0.15, -0.1) is 0 Å². The van der Waals surface area contributed by atoms with Gasteiger partial charge in [-0.25, -0.2) is 0 Å². The molecule has 4 nitrogen and oxygen atoms in total. The Morgan fingerprint density at radius 2 is 1.68 bits per heavy atom. The first-order chi connectivity index (χ1) is 13.0. The number of rotatable bonds is 6. The number of halogens is 3. The molecule has 0 saturated heterocycles. The first kappa shape index (κ1) is 21.5. The van der Waals surface area contributed by atoms with Crippen LogP contribution >= 0.6 is 0 Å². The number of nitrogens with one attached hydrogen (secondary N) is 1. The van der Waals surface area contributed by atoms with Crippen molar-refractivity contribution in [3.63, 3.8) is 0 Å². The van der Waals surface area contributed by atoms with Crippen LogP contribution in [-0.2, 0) is 22.2 Å². The number of alkyl halides is 3. The average Bonchev–Trinajstić information content (AvgIpc) is 2.57. The van der Waals surface area contributed by atoms with Crippen LogP contribution in [0.1, 0.15) is 29.2 Å². The number of aryl methyl sites for hydroxylation is 2. The van der Waals surface area contributed by atoms with Crippen LogP contribution in [0.3, 0.4) is 0 Å². The lowest BCUT2D eigenvalue weighted by molar-refractivity contribution is -0.312. The molecule has 0 aromatic heterocycles. The lowest BCUT2D eigenvalue weighted by atomic mass is 9.86. The van der Waals surface area contributed by atoms with Gasteiger partial charge in [0.1, 0.15) is 0 Å². The van der Waals surface area contributed by atoms with E-state index in [1.54, 1.807) is 0 Å². The second kappa shape index (κ2) is 8.46. The predicted octanol–water partition coefficient (Wildman–Crippen LogP) is 3.51. The molecule has 0 aliphatic carbocycles. The van der Waals surface area contributed by atoms with Crippen molar-refractivity contribution in [2.24, 2.45) is 11.8 Å². The highest BCUT2D eigenvalue weighted by atomic mass is 19.4. The van der Waals surface area contributed by atoms with Crippen LogP contribution in [-0.4, -0.2) is 11.9 Å². The third kappa shape index (κ3) is 5.58. The van der Waals surface area contributed by atoms with Crippen LogP contribution < -0.4 is 10.4 Å². The lowest BCUT2D eigenvalue weighted by Gasteiger charge is -2.24. The molecule has 0 heterocycles. The molecule has 2 atom stereocenters. The van der Waals surface area contributed by atoms with Crippen LogP contribution in [0.15, 0.2) is 42.5 Å². The molecule has 28 heavy (non-hydrogen) atoms. The van der Waals surface area contributed by atoms with Crippen molar-refractivity contribution in [3.05, 3.63) is 64.7 Å². The summed E-state index contributed by atoms with van der Waals surface area (Å²) in [7, 11) is 0. The van der Waals surface area contributed by atoms with E-state index < -0.39 is 35.5 Å². The van der Waals surface area contributed by atoms with Crippen LogP contribution in [0, 0.1) is 25.7 Å². The van der Waals surface area contributed by atoms with Crippen molar-refractivity contribution in [3.8, 4) is 0 Å². The molecule has 150 valence electrons. The van der Waals surface area contributed by atoms with Crippen molar-refractivity contribution >= 4 is 17.6 Å². The number of benzene rings is 2. The highest BCUT2D eigenvalue weighted by Crippen LogP contribution is 2.31. The van der Waals surface area contributed by atoms with E-state index in [-0.39, 0.29) is 12.1 Å². The molecule has 0 saturated carbocycles. The number of hydrogen-bond acceptors (Lipinski definition) is 3. The Bertz CT molecular complexity index is 857. The number of carboxylic acid groups (broad SMARTS) is 1. The molecule has 0 unspecified atom stereocenters. The molecule has 1 N–H and O–H groups in total. The van der Waals surface area contributed by atoms with Crippen molar-refractivity contribution in [2.75, 3.05) is 5.32 Å². The van der Waals surface area contributed by atoms with Gasteiger partial charge < -0.3 is 15.2 Å². The number of carboxylic acids is 1. The number of amides is 1. The van der Waals surface area contributed by atoms with Gasteiger partial charge in [0.25, 0.3) is 0 Å². The number of anilines is 1. The van der Waals surface area contributed by atoms with E-state index in [0.29, 0.717) is 0 Å². The molecule has 7 heteroatoms. The SMILES string of the molecule is Cc1cc(C)cc(C[C@H](C(=O)Nc2cccc(C(F)(F)F)c2)[C@@H](C)C(=O)[O-])c1. The van der Waals surface area contributed by atoms with Crippen LogP contribution in [0.2, 0.25) is 0 Å². The van der Waals surface area contributed by atoms with Crippen LogP contribution in [0.4, 0.5) is 18.9 Å². The van der Waals surface area contributed by atoms with E-state index in [1.807, 2.05) is 32.0 Å². The van der Waals surface area contributed by atoms with E-state index in [9.17, 15) is 27.9 Å². The first-order valence-electron chi connectivity index (χ1n) is 8.73. The third-order valence-electron chi connectivity index (χ3n) is 4.51. The topological polar surface area (TPSA) is 69.2 Å². The quantitative estimate of drug-likeness (QED) is 0.818. The van der Waals surface area contributed by atoms with Gasteiger partial charge in [-0.3, -0.25) is 4.79 Å². The minimum absolute atomic E-state index is 0.0456. The van der Waals surface area contributed by atoms with Crippen LogP contribution in [0.25, 0.3) is 0 Å². The van der Waals surface area contributed by atoms with Crippen molar-refractivity contribution in [2.45, 2.75) is 33.4 Å². The summed E-state index contributed by atoms with van der Waals surface area (Å²) in [4.78, 5) is 24.1. The lowest BCUT2D eigenvalue weighted by Crippen LogP contribution is -2.40. The molecular formula is C21H21F3NO3-. The molecule has 0 fully saturated rings. The standard InChI is InChI=1S/C21H22F3NO3/c1-12-7-13(2)9-15(8-12)10-18(14(3)20(27)28)19(26)25-17-6-4-5-16(11-17)21(22,23)24/h4-9,11,14,18H,10H2,1-3H3,(H,25,26)(H,27,28)/p-1/t14-,18+/m1/s1. The van der Waals surface area contributed by atoms with Crippen molar-refractivity contribution < 1.29 is 27.9 Å². The van der Waals surface area contributed by atoms with Crippen molar-refractivity contribution in [1.29, 1.82) is 0 Å². The first-order valence-corrected chi connectivity index (χ1v) is 8.73. The summed E-state index contributed by atoms with van der Waals surface area (Å²) >= 11 is 0. The maximum Gasteiger partial charge on any atom is 0.416 e. The Balaban J connectivity index is 2.28. The van der Waals surface area contributed by atoms with Gasteiger partial charge in [0.2, 0.25) is 5.91 Å². The van der Waals surface area contributed by atoms with E-state index in [1.165, 1.54) is 19.1 Å². The Hall–Kier alpha value is -2.83. The molecule has 0 aliphatic rings. The zero-order chi connectivity index (χ0) is 21.1. The van der Waals surface area contributed by atoms with Gasteiger partial charge in [-0.2, -0.15) is 13.2 Å². The number of hydrogen-bond donors (Lipinski definition) is 1. The van der Waals surface area contributed by atoms with Gasteiger partial charge in [0.15, 0.2) is 0 Å². The predicted molar refractivity (Wildman–Crippen MR) is 97.4 cm³/mol. The average molecular weight is 392 g/mol. The summed E-state index contributed by atoms with van der Waals surface area (Å²) in [5.74, 6) is -4.18. The van der Waals surface area contributed by atoms with Gasteiger partial charge in [-0.05, 0) is 44.0 Å². The zero-order valence-corrected chi connectivity index (χ0v) is 15.8. The molecular weight excluding hydrogens is 371 g/mol. The van der Waals surface area contributed by atoms with Gasteiger partial charge in [-0.1, -0.05) is 42.3 Å².